The highest BCUT2D eigenvalue weighted by molar-refractivity contribution is 7.17. The molecule has 1 aromatic carbocycles. The second kappa shape index (κ2) is 5.83. The largest absolute Gasteiger partial charge is 0.485 e. The summed E-state index contributed by atoms with van der Waals surface area (Å²) in [6.07, 6.45) is 2.01. The van der Waals surface area contributed by atoms with Gasteiger partial charge in [0.2, 0.25) is 6.10 Å². The Morgan fingerprint density at radius 2 is 2.00 bits per heavy atom. The van der Waals surface area contributed by atoms with E-state index in [9.17, 15) is 9.59 Å². The van der Waals surface area contributed by atoms with Gasteiger partial charge >= 0.3 is 0 Å². The topological polar surface area (TPSA) is 90.7 Å². The van der Waals surface area contributed by atoms with Crippen LogP contribution in [0.2, 0.25) is 0 Å². The zero-order chi connectivity index (χ0) is 16.7. The van der Waals surface area contributed by atoms with E-state index < -0.39 is 12.0 Å². The number of nitrogens with two attached hydrogens (primary N) is 1. The molecule has 0 unspecified atom stereocenters. The number of rotatable bonds is 3. The molecule has 2 aliphatic rings. The van der Waals surface area contributed by atoms with Crippen molar-refractivity contribution >= 4 is 28.2 Å². The number of carbonyl (C=O) groups excluding carboxylic acids is 2. The fourth-order valence-electron chi connectivity index (χ4n) is 3.09. The van der Waals surface area contributed by atoms with E-state index in [1.54, 1.807) is 12.1 Å². The number of carbonyl (C=O) groups is 2. The summed E-state index contributed by atoms with van der Waals surface area (Å²) in [7, 11) is 0. The first kappa shape index (κ1) is 15.0. The number of hydrogen-bond acceptors (Lipinski definition) is 5. The number of anilines is 1. The summed E-state index contributed by atoms with van der Waals surface area (Å²) >= 11 is 1.43. The van der Waals surface area contributed by atoms with Crippen molar-refractivity contribution in [1.82, 2.24) is 0 Å². The Morgan fingerprint density at radius 3 is 2.79 bits per heavy atom. The number of benzene rings is 1. The van der Waals surface area contributed by atoms with Crippen LogP contribution in [0, 0.1) is 0 Å². The van der Waals surface area contributed by atoms with Gasteiger partial charge in [-0.3, -0.25) is 9.59 Å². The zero-order valence-electron chi connectivity index (χ0n) is 12.8. The van der Waals surface area contributed by atoms with Crippen molar-refractivity contribution in [2.24, 2.45) is 5.73 Å². The number of thiophene rings is 1. The summed E-state index contributed by atoms with van der Waals surface area (Å²) < 4.78 is 11.3. The number of primary amides is 1. The molecule has 0 fully saturated rings. The van der Waals surface area contributed by atoms with Gasteiger partial charge in [-0.15, -0.1) is 11.3 Å². The van der Waals surface area contributed by atoms with Crippen LogP contribution in [0.3, 0.4) is 0 Å². The molecule has 6 nitrogen and oxygen atoms in total. The van der Waals surface area contributed by atoms with E-state index in [1.807, 2.05) is 12.1 Å². The van der Waals surface area contributed by atoms with Crippen molar-refractivity contribution in [3.05, 3.63) is 40.3 Å². The van der Waals surface area contributed by atoms with Gasteiger partial charge in [-0.05, 0) is 37.0 Å². The van der Waals surface area contributed by atoms with Gasteiger partial charge < -0.3 is 20.5 Å². The molecule has 4 rings (SSSR count). The molecule has 0 bridgehead atoms. The van der Waals surface area contributed by atoms with Gasteiger partial charge in [0.1, 0.15) is 11.6 Å². The lowest BCUT2D eigenvalue weighted by atomic mass is 10.1. The lowest BCUT2D eigenvalue weighted by molar-refractivity contribution is -0.125. The molecule has 1 atom stereocenters. The van der Waals surface area contributed by atoms with Crippen LogP contribution in [0.1, 0.15) is 27.2 Å². The molecule has 124 valence electrons. The molecule has 2 heterocycles. The molecule has 1 aliphatic carbocycles. The molecule has 3 N–H and O–H groups in total. The van der Waals surface area contributed by atoms with E-state index >= 15 is 0 Å². The van der Waals surface area contributed by atoms with Crippen molar-refractivity contribution < 1.29 is 19.1 Å². The number of ether oxygens (including phenoxy) is 2. The smallest absolute Gasteiger partial charge is 0.269 e. The van der Waals surface area contributed by atoms with Gasteiger partial charge in [-0.1, -0.05) is 12.1 Å². The highest BCUT2D eigenvalue weighted by atomic mass is 32.1. The molecule has 2 aromatic rings. The van der Waals surface area contributed by atoms with Gasteiger partial charge in [-0.25, -0.2) is 0 Å². The van der Waals surface area contributed by atoms with E-state index in [0.29, 0.717) is 22.1 Å². The average molecular weight is 344 g/mol. The van der Waals surface area contributed by atoms with Crippen LogP contribution < -0.4 is 20.5 Å². The molecule has 7 heteroatoms. The number of fused-ring (bicyclic) bond motifs is 2. The van der Waals surface area contributed by atoms with Crippen molar-refractivity contribution in [2.75, 3.05) is 11.9 Å². The van der Waals surface area contributed by atoms with E-state index in [0.717, 1.165) is 29.7 Å². The van der Waals surface area contributed by atoms with Gasteiger partial charge in [0.15, 0.2) is 11.5 Å². The average Bonchev–Trinajstić information content (AvgIpc) is 3.14. The van der Waals surface area contributed by atoms with Crippen molar-refractivity contribution in [1.29, 1.82) is 0 Å². The Labute approximate surface area is 142 Å². The standard InChI is InChI=1S/C17H16N2O4S/c18-15(20)14-9-4-3-7-13(9)24-17(14)19-16(21)12-8-22-10-5-1-2-6-11(10)23-12/h1-2,5-6,12H,3-4,7-8H2,(H2,18,20)(H,19,21)/t12-/m0/s1. The van der Waals surface area contributed by atoms with Gasteiger partial charge in [0.05, 0.1) is 5.56 Å². The Balaban J connectivity index is 1.54. The summed E-state index contributed by atoms with van der Waals surface area (Å²) in [5, 5.41) is 3.31. The second-order valence-corrected chi connectivity index (χ2v) is 6.88. The maximum atomic E-state index is 12.5. The van der Waals surface area contributed by atoms with Crippen LogP contribution >= 0.6 is 11.3 Å². The molecule has 2 amide bonds. The first-order valence-corrected chi connectivity index (χ1v) is 8.59. The van der Waals surface area contributed by atoms with Crippen molar-refractivity contribution in [2.45, 2.75) is 25.4 Å². The van der Waals surface area contributed by atoms with Gasteiger partial charge in [0, 0.05) is 4.88 Å². The Morgan fingerprint density at radius 1 is 1.21 bits per heavy atom. The predicted octanol–water partition coefficient (Wildman–Crippen LogP) is 2.11. The summed E-state index contributed by atoms with van der Waals surface area (Å²) in [4.78, 5) is 25.4. The maximum absolute atomic E-state index is 12.5. The Hall–Kier alpha value is -2.54. The monoisotopic (exact) mass is 344 g/mol. The second-order valence-electron chi connectivity index (χ2n) is 5.78. The minimum Gasteiger partial charge on any atom is -0.485 e. The third-order valence-electron chi connectivity index (χ3n) is 4.21. The summed E-state index contributed by atoms with van der Waals surface area (Å²) in [6, 6.07) is 7.20. The molecule has 0 saturated heterocycles. The molecule has 24 heavy (non-hydrogen) atoms. The third-order valence-corrected chi connectivity index (χ3v) is 5.41. The molecule has 0 spiro atoms. The van der Waals surface area contributed by atoms with Crippen molar-refractivity contribution in [3.63, 3.8) is 0 Å². The highest BCUT2D eigenvalue weighted by Crippen LogP contribution is 2.39. The third kappa shape index (κ3) is 2.50. The van der Waals surface area contributed by atoms with Crippen LogP contribution in [0.4, 0.5) is 5.00 Å². The molecule has 0 saturated carbocycles. The number of nitrogens with one attached hydrogen (secondary N) is 1. The number of amides is 2. The maximum Gasteiger partial charge on any atom is 0.269 e. The van der Waals surface area contributed by atoms with Crippen LogP contribution in [0.25, 0.3) is 0 Å². The van der Waals surface area contributed by atoms with E-state index in [1.165, 1.54) is 11.3 Å². The summed E-state index contributed by atoms with van der Waals surface area (Å²) in [6.45, 7) is 0.125. The van der Waals surface area contributed by atoms with Gasteiger partial charge in [-0.2, -0.15) is 0 Å². The van der Waals surface area contributed by atoms with Crippen LogP contribution in [-0.2, 0) is 17.6 Å². The Kier molecular flexibility index (Phi) is 3.65. The summed E-state index contributed by atoms with van der Waals surface area (Å²) in [5.74, 6) is 0.310. The number of aryl methyl sites for hydroxylation is 1. The SMILES string of the molecule is NC(=O)c1c(NC(=O)[C@@H]2COc3ccccc3O2)sc2c1CCC2. The quantitative estimate of drug-likeness (QED) is 0.892. The lowest BCUT2D eigenvalue weighted by Crippen LogP contribution is -2.40. The van der Waals surface area contributed by atoms with Crippen LogP contribution in [0.5, 0.6) is 11.5 Å². The van der Waals surface area contributed by atoms with Crippen LogP contribution in [0.15, 0.2) is 24.3 Å². The molecular weight excluding hydrogens is 328 g/mol. The number of para-hydroxylation sites is 2. The van der Waals surface area contributed by atoms with E-state index in [2.05, 4.69) is 5.32 Å². The highest BCUT2D eigenvalue weighted by Gasteiger charge is 2.31. The predicted molar refractivity (Wildman–Crippen MR) is 89.8 cm³/mol. The summed E-state index contributed by atoms with van der Waals surface area (Å²) in [5.41, 5.74) is 6.93. The normalized spacial score (nSPS) is 18.1. The van der Waals surface area contributed by atoms with E-state index in [4.69, 9.17) is 15.2 Å². The lowest BCUT2D eigenvalue weighted by Gasteiger charge is -2.25. The first-order valence-electron chi connectivity index (χ1n) is 7.77. The fourth-order valence-corrected chi connectivity index (χ4v) is 4.39. The number of hydrogen-bond donors (Lipinski definition) is 2. The van der Waals surface area contributed by atoms with Gasteiger partial charge in [0.25, 0.3) is 11.8 Å². The zero-order valence-corrected chi connectivity index (χ0v) is 13.7. The fraction of sp³-hybridized carbons (Fsp3) is 0.294. The van der Waals surface area contributed by atoms with E-state index in [-0.39, 0.29) is 12.5 Å². The minimum atomic E-state index is -0.766. The molecule has 0 radical (unpaired) electrons. The molecule has 1 aliphatic heterocycles. The minimum absolute atomic E-state index is 0.125. The van der Waals surface area contributed by atoms with Crippen LogP contribution in [-0.4, -0.2) is 24.5 Å². The first-order chi connectivity index (χ1) is 11.6. The van der Waals surface area contributed by atoms with Crippen molar-refractivity contribution in [3.8, 4) is 11.5 Å². The molecular formula is C17H16N2O4S. The Bertz CT molecular complexity index is 830. The molecule has 1 aromatic heterocycles.